The Morgan fingerprint density at radius 3 is 2.70 bits per heavy atom. The summed E-state index contributed by atoms with van der Waals surface area (Å²) in [6.45, 7) is 1.60. The van der Waals surface area contributed by atoms with Crippen LogP contribution in [0.3, 0.4) is 0 Å². The summed E-state index contributed by atoms with van der Waals surface area (Å²) in [6.07, 6.45) is 3.26. The van der Waals surface area contributed by atoms with Crippen molar-refractivity contribution < 1.29 is 4.79 Å². The zero-order valence-corrected chi connectivity index (χ0v) is 12.4. The molecule has 0 spiro atoms. The minimum absolute atomic E-state index is 0.0117. The first-order chi connectivity index (χ1) is 9.68. The summed E-state index contributed by atoms with van der Waals surface area (Å²) in [5.74, 6) is 0.132. The highest BCUT2D eigenvalue weighted by Crippen LogP contribution is 2.17. The molecule has 1 aliphatic rings. The molecule has 1 fully saturated rings. The number of amides is 1. The Hall–Kier alpha value is -1.39. The fraction of sp³-hybridized carbons (Fsp3) is 0.562. The summed E-state index contributed by atoms with van der Waals surface area (Å²) in [4.78, 5) is 14.3. The number of hydrogen-bond donors (Lipinski definition) is 2. The number of hydrogen-bond acceptors (Lipinski definition) is 3. The van der Waals surface area contributed by atoms with Gasteiger partial charge in [-0.2, -0.15) is 0 Å². The lowest BCUT2D eigenvalue weighted by Crippen LogP contribution is -2.48. The molecule has 20 heavy (non-hydrogen) atoms. The Bertz CT molecular complexity index is 413. The van der Waals surface area contributed by atoms with Crippen LogP contribution in [0.15, 0.2) is 30.3 Å². The third-order valence-electron chi connectivity index (χ3n) is 3.90. The van der Waals surface area contributed by atoms with E-state index in [9.17, 15) is 4.79 Å². The van der Waals surface area contributed by atoms with Gasteiger partial charge in [0.05, 0.1) is 12.1 Å². The molecule has 0 bridgehead atoms. The standard InChI is InChI=1S/C16H25N3O/c1-19(2)15(13-8-4-3-5-9-13)12-18-16(20)14-10-6-7-11-17-14/h3-5,8-9,14-15,17H,6-7,10-12H2,1-2H3,(H,18,20)/t14-,15?/m1/s1. The van der Waals surface area contributed by atoms with Crippen LogP contribution in [0.1, 0.15) is 30.9 Å². The van der Waals surface area contributed by atoms with E-state index in [1.807, 2.05) is 32.3 Å². The summed E-state index contributed by atoms with van der Waals surface area (Å²) in [7, 11) is 4.09. The SMILES string of the molecule is CN(C)C(CNC(=O)[C@H]1CCCCN1)c1ccccc1. The molecule has 1 aromatic rings. The van der Waals surface area contributed by atoms with Gasteiger partial charge in [0.25, 0.3) is 0 Å². The molecular weight excluding hydrogens is 250 g/mol. The minimum Gasteiger partial charge on any atom is -0.353 e. The average Bonchev–Trinajstić information content (AvgIpc) is 2.49. The molecule has 4 nitrogen and oxygen atoms in total. The van der Waals surface area contributed by atoms with Crippen molar-refractivity contribution in [3.63, 3.8) is 0 Å². The zero-order chi connectivity index (χ0) is 14.4. The van der Waals surface area contributed by atoms with Crippen LogP contribution in [0, 0.1) is 0 Å². The van der Waals surface area contributed by atoms with E-state index < -0.39 is 0 Å². The molecule has 2 rings (SSSR count). The number of nitrogens with one attached hydrogen (secondary N) is 2. The minimum atomic E-state index is -0.0117. The van der Waals surface area contributed by atoms with E-state index in [1.54, 1.807) is 0 Å². The molecule has 4 heteroatoms. The highest BCUT2D eigenvalue weighted by atomic mass is 16.2. The molecule has 1 unspecified atom stereocenters. The molecule has 0 aromatic heterocycles. The van der Waals surface area contributed by atoms with Gasteiger partial charge in [-0.15, -0.1) is 0 Å². The third-order valence-corrected chi connectivity index (χ3v) is 3.90. The second-order valence-electron chi connectivity index (χ2n) is 5.64. The maximum atomic E-state index is 12.2. The number of likely N-dealkylation sites (N-methyl/N-ethyl adjacent to an activating group) is 1. The first kappa shape index (κ1) is 15.0. The fourth-order valence-corrected chi connectivity index (χ4v) is 2.67. The molecule has 0 aliphatic carbocycles. The first-order valence-corrected chi connectivity index (χ1v) is 7.41. The fourth-order valence-electron chi connectivity index (χ4n) is 2.67. The largest absolute Gasteiger partial charge is 0.353 e. The van der Waals surface area contributed by atoms with Gasteiger partial charge in [0.15, 0.2) is 0 Å². The van der Waals surface area contributed by atoms with Crippen molar-refractivity contribution in [1.82, 2.24) is 15.5 Å². The predicted octanol–water partition coefficient (Wildman–Crippen LogP) is 1.55. The molecule has 1 heterocycles. The Kier molecular flexibility index (Phi) is 5.56. The van der Waals surface area contributed by atoms with E-state index in [0.29, 0.717) is 6.54 Å². The highest BCUT2D eigenvalue weighted by molar-refractivity contribution is 5.81. The second kappa shape index (κ2) is 7.41. The Morgan fingerprint density at radius 2 is 2.10 bits per heavy atom. The van der Waals surface area contributed by atoms with Gasteiger partial charge in [-0.25, -0.2) is 0 Å². The topological polar surface area (TPSA) is 44.4 Å². The maximum Gasteiger partial charge on any atom is 0.237 e. The van der Waals surface area contributed by atoms with Crippen LogP contribution in [-0.2, 0) is 4.79 Å². The number of rotatable bonds is 5. The van der Waals surface area contributed by atoms with Crippen LogP contribution >= 0.6 is 0 Å². The highest BCUT2D eigenvalue weighted by Gasteiger charge is 2.22. The van der Waals surface area contributed by atoms with Crippen LogP contribution in [-0.4, -0.2) is 44.0 Å². The molecule has 0 saturated carbocycles. The molecule has 0 radical (unpaired) electrons. The van der Waals surface area contributed by atoms with Crippen LogP contribution in [0.4, 0.5) is 0 Å². The second-order valence-corrected chi connectivity index (χ2v) is 5.64. The van der Waals surface area contributed by atoms with Crippen molar-refractivity contribution >= 4 is 5.91 Å². The number of carbonyl (C=O) groups is 1. The van der Waals surface area contributed by atoms with E-state index in [2.05, 4.69) is 27.7 Å². The lowest BCUT2D eigenvalue weighted by molar-refractivity contribution is -0.123. The maximum absolute atomic E-state index is 12.2. The van der Waals surface area contributed by atoms with Gasteiger partial charge in [-0.3, -0.25) is 4.79 Å². The number of piperidine rings is 1. The van der Waals surface area contributed by atoms with Crippen LogP contribution < -0.4 is 10.6 Å². The molecule has 110 valence electrons. The average molecular weight is 275 g/mol. The Labute approximate surface area is 121 Å². The lowest BCUT2D eigenvalue weighted by atomic mass is 10.0. The molecule has 2 atom stereocenters. The number of carbonyl (C=O) groups excluding carboxylic acids is 1. The van der Waals surface area contributed by atoms with Crippen LogP contribution in [0.2, 0.25) is 0 Å². The molecule has 1 aliphatic heterocycles. The molecule has 1 aromatic carbocycles. The molecule has 1 saturated heterocycles. The van der Waals surface area contributed by atoms with Gasteiger partial charge in [0.2, 0.25) is 5.91 Å². The number of benzene rings is 1. The van der Waals surface area contributed by atoms with Crippen molar-refractivity contribution in [3.05, 3.63) is 35.9 Å². The Morgan fingerprint density at radius 1 is 1.35 bits per heavy atom. The molecule has 2 N–H and O–H groups in total. The van der Waals surface area contributed by atoms with Crippen molar-refractivity contribution in [3.8, 4) is 0 Å². The van der Waals surface area contributed by atoms with E-state index in [1.165, 1.54) is 12.0 Å². The van der Waals surface area contributed by atoms with Crippen molar-refractivity contribution in [1.29, 1.82) is 0 Å². The van der Waals surface area contributed by atoms with Crippen LogP contribution in [0.25, 0.3) is 0 Å². The van der Waals surface area contributed by atoms with Crippen LogP contribution in [0.5, 0.6) is 0 Å². The van der Waals surface area contributed by atoms with E-state index in [-0.39, 0.29) is 18.0 Å². The summed E-state index contributed by atoms with van der Waals surface area (Å²) in [5, 5.41) is 6.38. The Balaban J connectivity index is 1.91. The van der Waals surface area contributed by atoms with Crippen molar-refractivity contribution in [2.75, 3.05) is 27.2 Å². The zero-order valence-electron chi connectivity index (χ0n) is 12.4. The monoisotopic (exact) mass is 275 g/mol. The van der Waals surface area contributed by atoms with Crippen molar-refractivity contribution in [2.24, 2.45) is 0 Å². The van der Waals surface area contributed by atoms with Gasteiger partial charge in [0.1, 0.15) is 0 Å². The summed E-state index contributed by atoms with van der Waals surface area (Å²) >= 11 is 0. The van der Waals surface area contributed by atoms with Gasteiger partial charge >= 0.3 is 0 Å². The van der Waals surface area contributed by atoms with Crippen molar-refractivity contribution in [2.45, 2.75) is 31.3 Å². The van der Waals surface area contributed by atoms with E-state index in [4.69, 9.17) is 0 Å². The van der Waals surface area contributed by atoms with E-state index >= 15 is 0 Å². The van der Waals surface area contributed by atoms with Gasteiger partial charge < -0.3 is 15.5 Å². The van der Waals surface area contributed by atoms with E-state index in [0.717, 1.165) is 19.4 Å². The normalized spacial score (nSPS) is 20.6. The summed E-state index contributed by atoms with van der Waals surface area (Å²) < 4.78 is 0. The third kappa shape index (κ3) is 4.05. The van der Waals surface area contributed by atoms with Gasteiger partial charge in [-0.1, -0.05) is 36.8 Å². The molecule has 1 amide bonds. The lowest BCUT2D eigenvalue weighted by Gasteiger charge is -2.27. The first-order valence-electron chi connectivity index (χ1n) is 7.41. The summed E-state index contributed by atoms with van der Waals surface area (Å²) in [5.41, 5.74) is 1.23. The van der Waals surface area contributed by atoms with Gasteiger partial charge in [-0.05, 0) is 39.0 Å². The summed E-state index contributed by atoms with van der Waals surface area (Å²) in [6, 6.07) is 10.5. The quantitative estimate of drug-likeness (QED) is 0.857. The molecular formula is C16H25N3O. The number of nitrogens with zero attached hydrogens (tertiary/aromatic N) is 1. The predicted molar refractivity (Wildman–Crippen MR) is 81.5 cm³/mol. The van der Waals surface area contributed by atoms with Gasteiger partial charge in [0, 0.05) is 6.54 Å². The smallest absolute Gasteiger partial charge is 0.237 e.